The molecule has 108 heavy (non-hydrogen) atoms. The Morgan fingerprint density at radius 3 is 1.11 bits per heavy atom. The van der Waals surface area contributed by atoms with Gasteiger partial charge in [0.05, 0.1) is 93.8 Å². The third-order valence-electron chi connectivity index (χ3n) is 17.6. The number of benzene rings is 3. The van der Waals surface area contributed by atoms with Gasteiger partial charge in [-0.05, 0) is 111 Å². The molecule has 30 nitrogen and oxygen atoms in total. The first kappa shape index (κ1) is 50.7. The van der Waals surface area contributed by atoms with Crippen LogP contribution in [0.3, 0.4) is 0 Å². The zero-order valence-corrected chi connectivity index (χ0v) is 60.5. The predicted molar refractivity (Wildman–Crippen MR) is 398 cm³/mol. The largest absolute Gasteiger partial charge is 0.394 e. The molecule has 582 valence electrons. The van der Waals surface area contributed by atoms with Crippen LogP contribution < -0.4 is 16.0 Å². The number of nitrogens with zero attached hydrogens (tertiary/aromatic N) is 15. The number of nitrogens with one attached hydrogen (secondary N) is 3. The van der Waals surface area contributed by atoms with Crippen LogP contribution >= 0.6 is 35.3 Å². The molecular weight excluding hydrogens is 1460 g/mol. The highest BCUT2D eigenvalue weighted by Crippen LogP contribution is 2.48. The molecule has 9 aromatic rings. The Morgan fingerprint density at radius 1 is 0.481 bits per heavy atom. The molecule has 6 aliphatic carbocycles. The zero-order valence-electron chi connectivity index (χ0n) is 86.0. The van der Waals surface area contributed by atoms with E-state index in [4.69, 9.17) is 57.7 Å². The minimum atomic E-state index is -2.70. The highest BCUT2D eigenvalue weighted by atomic mass is 32.2. The number of aliphatic hydroxyl groups excluding tert-OH is 8. The third-order valence-corrected chi connectivity index (χ3v) is 20.0. The van der Waals surface area contributed by atoms with E-state index in [9.17, 15) is 54.0 Å². The molecule has 6 heterocycles. The van der Waals surface area contributed by atoms with Crippen molar-refractivity contribution < 1.29 is 112 Å². The molecular formula is C72H93F3N18O12S3. The molecule has 18 atom stereocenters. The fourth-order valence-corrected chi connectivity index (χ4v) is 13.6. The van der Waals surface area contributed by atoms with Crippen LogP contribution in [-0.4, -0.2) is 251 Å². The number of thioether (sulfide) groups is 3. The lowest BCUT2D eigenvalue weighted by Crippen LogP contribution is -2.33. The Labute approximate surface area is 672 Å². The number of ether oxygens (including phenoxy) is 3. The summed E-state index contributed by atoms with van der Waals surface area (Å²) < 4.78 is 295. The van der Waals surface area contributed by atoms with Crippen LogP contribution in [0.1, 0.15) is 186 Å². The molecule has 6 fully saturated rings. The van der Waals surface area contributed by atoms with Crippen molar-refractivity contribution >= 4 is 86.2 Å². The van der Waals surface area contributed by atoms with Gasteiger partial charge in [0.2, 0.25) is 0 Å². The topological polar surface area (TPSA) is 415 Å². The number of anilines is 3. The summed E-state index contributed by atoms with van der Waals surface area (Å²) in [7, 11) is 0. The Hall–Kier alpha value is -7.14. The Morgan fingerprint density at radius 2 is 0.806 bits per heavy atom. The summed E-state index contributed by atoms with van der Waals surface area (Å²) in [5, 5.41) is 124. The predicted octanol–water partition coefficient (Wildman–Crippen LogP) is 6.55. The summed E-state index contributed by atoms with van der Waals surface area (Å²) in [6.45, 7) is 1.03. The van der Waals surface area contributed by atoms with Crippen LogP contribution in [-0.2, 0) is 14.2 Å². The summed E-state index contributed by atoms with van der Waals surface area (Å²) in [4.78, 5) is 26.0. The number of aliphatic hydroxyl groups is 9. The molecule has 0 radical (unpaired) electrons. The van der Waals surface area contributed by atoms with Crippen molar-refractivity contribution in [3.8, 4) is 0 Å². The van der Waals surface area contributed by atoms with Gasteiger partial charge in [-0.2, -0.15) is 0 Å². The van der Waals surface area contributed by atoms with Crippen LogP contribution in [0.15, 0.2) is 69.9 Å². The third kappa shape index (κ3) is 17.5. The minimum Gasteiger partial charge on any atom is -0.394 e. The van der Waals surface area contributed by atoms with E-state index in [0.717, 1.165) is 9.36 Å². The van der Waals surface area contributed by atoms with Gasteiger partial charge >= 0.3 is 0 Å². The lowest BCUT2D eigenvalue weighted by molar-refractivity contribution is -0.0629. The maximum absolute atomic E-state index is 14.8. The van der Waals surface area contributed by atoms with Crippen LogP contribution in [0.4, 0.5) is 30.6 Å². The number of hydrogen-bond donors (Lipinski definition) is 12. The maximum Gasteiger partial charge on any atom is 0.191 e. The second-order valence-electron chi connectivity index (χ2n) is 24.9. The van der Waals surface area contributed by atoms with E-state index < -0.39 is 260 Å². The second kappa shape index (κ2) is 35.1. The number of halogens is 3. The van der Waals surface area contributed by atoms with Crippen LogP contribution in [0, 0.1) is 38.2 Å². The van der Waals surface area contributed by atoms with Crippen molar-refractivity contribution in [2.45, 2.75) is 224 Å². The molecule has 12 N–H and O–H groups in total. The van der Waals surface area contributed by atoms with E-state index in [1.807, 2.05) is 0 Å². The number of fused-ring (bicyclic) bond motifs is 3. The van der Waals surface area contributed by atoms with Gasteiger partial charge in [0.25, 0.3) is 0 Å². The lowest BCUT2D eigenvalue weighted by Gasteiger charge is -2.17. The van der Waals surface area contributed by atoms with E-state index in [0.29, 0.717) is 35.3 Å². The molecule has 15 rings (SSSR count). The summed E-state index contributed by atoms with van der Waals surface area (Å²) in [5.41, 5.74) is -8.76. The van der Waals surface area contributed by atoms with E-state index in [2.05, 4.69) is 76.8 Å². The molecule has 36 heteroatoms. The highest BCUT2D eigenvalue weighted by Gasteiger charge is 2.49. The first-order valence-electron chi connectivity index (χ1n) is 47.9. The Kier molecular flexibility index (Phi) is 16.5. The molecule has 6 aromatic heterocycles. The molecule has 6 saturated carbocycles. The molecule has 0 spiro atoms. The summed E-state index contributed by atoms with van der Waals surface area (Å²) in [6, 6.07) is -14.0. The fraction of sp³-hybridized carbons (Fsp3) is 0.583. The summed E-state index contributed by atoms with van der Waals surface area (Å²) in [6.07, 6.45) is -19.8. The monoisotopic (exact) mass is 1580 g/mol. The molecule has 6 aliphatic rings. The molecule has 0 amide bonds. The van der Waals surface area contributed by atoms with Crippen molar-refractivity contribution in [1.82, 2.24) is 74.9 Å². The van der Waals surface area contributed by atoms with Gasteiger partial charge in [-0.1, -0.05) is 108 Å². The summed E-state index contributed by atoms with van der Waals surface area (Å²) >= 11 is 1.89. The second-order valence-corrected chi connectivity index (χ2v) is 27.5. The minimum absolute atomic E-state index is 0.00932. The standard InChI is InChI=1S/3C24H31FN6O4S/c3*1-3-8-36-24-27-22(26-16-10-14(16)13-5-4-12(2)15(25)9-13)19-23(28-24)31(30-29-19)17-11-18(35-7-6-32)21(34)20(17)33/h3*4-5,9,14,16-18,20-21,32-34H,3,6-8,10-11H2,1-2H3,(H,26,27,28)/t3*14-,16+,17+,18-,20-,21+/m000/s1/i4D,5D,7D2,8D2,9D,10D2,14D;4D,5D,6D2,8D2,9D,10D2,14D;4D,5D,8D2,9D,10D2,14D. The molecule has 0 unspecified atom stereocenters. The van der Waals surface area contributed by atoms with Gasteiger partial charge in [-0.15, -0.1) is 15.3 Å². The average Bonchev–Trinajstić information content (AvgIpc) is 1.51. The van der Waals surface area contributed by atoms with Crippen molar-refractivity contribution in [3.63, 3.8) is 0 Å². The van der Waals surface area contributed by atoms with E-state index >= 15 is 0 Å². The number of hydrogen-bond acceptors (Lipinski definition) is 30. The van der Waals surface area contributed by atoms with E-state index in [1.54, 1.807) is 20.8 Å². The normalized spacial score (nSPS) is 35.5. The molecule has 0 saturated heterocycles. The van der Waals surface area contributed by atoms with Gasteiger partial charge < -0.3 is 76.1 Å². The van der Waals surface area contributed by atoms with Crippen molar-refractivity contribution in [2.24, 2.45) is 0 Å². The van der Waals surface area contributed by atoms with Gasteiger partial charge in [0.1, 0.15) is 54.1 Å². The molecule has 0 aliphatic heterocycles. The van der Waals surface area contributed by atoms with Crippen molar-refractivity contribution in [3.05, 3.63) is 105 Å². The lowest BCUT2D eigenvalue weighted by atomic mass is 10.1. The first-order valence-corrected chi connectivity index (χ1v) is 36.3. The average molecular weight is 1580 g/mol. The van der Waals surface area contributed by atoms with Crippen molar-refractivity contribution in [2.75, 3.05) is 72.6 Å². The zero-order chi connectivity index (χ0) is 101. The maximum atomic E-state index is 14.8. The fourth-order valence-electron chi connectivity index (χ4n) is 12.0. The van der Waals surface area contributed by atoms with Gasteiger partial charge in [0, 0.05) is 92.7 Å². The molecule has 3 aromatic carbocycles. The van der Waals surface area contributed by atoms with Gasteiger partial charge in [-0.3, -0.25) is 0 Å². The van der Waals surface area contributed by atoms with Crippen LogP contribution in [0.5, 0.6) is 0 Å². The van der Waals surface area contributed by atoms with Crippen LogP contribution in [0.25, 0.3) is 33.5 Å². The van der Waals surface area contributed by atoms with Crippen LogP contribution in [0.2, 0.25) is 0 Å². The highest BCUT2D eigenvalue weighted by molar-refractivity contribution is 7.99. The summed E-state index contributed by atoms with van der Waals surface area (Å²) in [5.74, 6) is -11.3. The Balaban J connectivity index is 0.000000173. The molecule has 0 bridgehead atoms. The van der Waals surface area contributed by atoms with Crippen molar-refractivity contribution in [1.29, 1.82) is 0 Å². The van der Waals surface area contributed by atoms with E-state index in [1.165, 1.54) is 25.5 Å². The van der Waals surface area contributed by atoms with Gasteiger partial charge in [0.15, 0.2) is 66.4 Å². The first-order chi connectivity index (χ1) is 62.9. The Bertz CT molecular complexity index is 6020. The smallest absolute Gasteiger partial charge is 0.191 e. The van der Waals surface area contributed by atoms with Gasteiger partial charge in [-0.25, -0.2) is 57.1 Å². The quantitative estimate of drug-likeness (QED) is 0.0168. The number of aromatic nitrogens is 15. The van der Waals surface area contributed by atoms with E-state index in [-0.39, 0.29) is 135 Å². The number of rotatable bonds is 30. The SMILES string of the molecule is [2H]c1c([2H])c([C@@]2([2H])[C@H](Nc3nc(SC([2H])([2H])CC)nc4c3nnn4[C@@H]3C[C@H](OC([2H])([2H])CO)[C@@H](O)[C@H]3O)C2([2H])[2H])c([2H])c(F)c1C.[2H]c1c([2H])c([C@@]2([2H])[C@H](Nc3nc(SC([2H])([2H])CC)nc4c3nnn4[C@@H]3C[C@H](OCC([2H])([2H])O)[C@@H](O)[C@H]3O)C2([2H])[2H])c([2H])c(F)c1C.[2H]c1c([2H])c([C@@]2([2H])[C@H](Nc3nc(SC([2H])([2H])CC)nc4c3nnn4[C@@H]3C[C@H](OCCO)[C@@H](O)[C@H]3O)C2([2H])[2H])c([2H])c(F)c1C.